The molecule has 0 saturated carbocycles. The Morgan fingerprint density at radius 3 is 2.47 bits per heavy atom. The van der Waals surface area contributed by atoms with E-state index >= 15 is 0 Å². The van der Waals surface area contributed by atoms with Gasteiger partial charge in [0, 0.05) is 13.3 Å². The first-order chi connectivity index (χ1) is 7.66. The number of alkyl halides is 3. The number of aromatic nitrogens is 2. The van der Waals surface area contributed by atoms with Crippen molar-refractivity contribution in [2.45, 2.75) is 38.3 Å². The number of aliphatic hydroxyl groups excluding tert-OH is 1. The van der Waals surface area contributed by atoms with Crippen LogP contribution < -0.4 is 0 Å². The van der Waals surface area contributed by atoms with Gasteiger partial charge in [-0.3, -0.25) is 4.68 Å². The summed E-state index contributed by atoms with van der Waals surface area (Å²) in [6.07, 6.45) is -4.24. The lowest BCUT2D eigenvalue weighted by Gasteiger charge is -2.28. The molecular formula is C10H15F3N2O2. The Morgan fingerprint density at radius 1 is 1.47 bits per heavy atom. The summed E-state index contributed by atoms with van der Waals surface area (Å²) in [5.41, 5.74) is -1.82. The zero-order chi connectivity index (χ0) is 13.3. The van der Waals surface area contributed by atoms with Crippen LogP contribution in [0.25, 0.3) is 0 Å². The smallest absolute Gasteiger partial charge is 0.388 e. The molecule has 0 spiro atoms. The van der Waals surface area contributed by atoms with Crippen LogP contribution in [0.3, 0.4) is 0 Å². The van der Waals surface area contributed by atoms with Crippen LogP contribution in [-0.4, -0.2) is 33.7 Å². The van der Waals surface area contributed by atoms with E-state index < -0.39 is 23.6 Å². The normalized spacial score (nSPS) is 15.0. The van der Waals surface area contributed by atoms with Gasteiger partial charge in [-0.2, -0.15) is 18.3 Å². The summed E-state index contributed by atoms with van der Waals surface area (Å²) in [4.78, 5) is 0. The SMILES string of the molecule is COC(C)(C)C(O)Cn1ccc(C(F)(F)F)n1. The molecule has 0 saturated heterocycles. The van der Waals surface area contributed by atoms with Gasteiger partial charge < -0.3 is 9.84 Å². The number of hydrogen-bond donors (Lipinski definition) is 1. The van der Waals surface area contributed by atoms with Crippen molar-refractivity contribution in [1.29, 1.82) is 0 Å². The molecule has 0 radical (unpaired) electrons. The Labute approximate surface area is 97.0 Å². The minimum atomic E-state index is -4.47. The fourth-order valence-electron chi connectivity index (χ4n) is 1.15. The first-order valence-electron chi connectivity index (χ1n) is 5.00. The monoisotopic (exact) mass is 252 g/mol. The van der Waals surface area contributed by atoms with Gasteiger partial charge in [-0.15, -0.1) is 0 Å². The van der Waals surface area contributed by atoms with Crippen LogP contribution in [0.4, 0.5) is 13.2 Å². The molecule has 1 atom stereocenters. The third-order valence-electron chi connectivity index (χ3n) is 2.62. The van der Waals surface area contributed by atoms with E-state index in [1.165, 1.54) is 13.3 Å². The topological polar surface area (TPSA) is 47.3 Å². The summed E-state index contributed by atoms with van der Waals surface area (Å²) in [5.74, 6) is 0. The molecule has 0 fully saturated rings. The summed E-state index contributed by atoms with van der Waals surface area (Å²) in [7, 11) is 1.42. The van der Waals surface area contributed by atoms with Gasteiger partial charge in [-0.25, -0.2) is 0 Å². The maximum atomic E-state index is 12.3. The number of methoxy groups -OCH3 is 1. The minimum absolute atomic E-state index is 0.0586. The van der Waals surface area contributed by atoms with Crippen LogP contribution in [0.1, 0.15) is 19.5 Å². The standard InChI is InChI=1S/C10H15F3N2O2/c1-9(2,17-3)8(16)6-15-5-4-7(14-15)10(11,12)13/h4-5,8,16H,6H2,1-3H3. The number of nitrogens with zero attached hydrogens (tertiary/aromatic N) is 2. The molecule has 0 aromatic carbocycles. The highest BCUT2D eigenvalue weighted by Gasteiger charge is 2.34. The largest absolute Gasteiger partial charge is 0.435 e. The summed E-state index contributed by atoms with van der Waals surface area (Å²) in [6, 6.07) is 0.868. The minimum Gasteiger partial charge on any atom is -0.388 e. The lowest BCUT2D eigenvalue weighted by atomic mass is 10.0. The predicted octanol–water partition coefficient (Wildman–Crippen LogP) is 1.69. The van der Waals surface area contributed by atoms with E-state index in [1.807, 2.05) is 0 Å². The van der Waals surface area contributed by atoms with Crippen LogP contribution in [0.5, 0.6) is 0 Å². The number of hydrogen-bond acceptors (Lipinski definition) is 3. The molecule has 1 rings (SSSR count). The fraction of sp³-hybridized carbons (Fsp3) is 0.700. The zero-order valence-electron chi connectivity index (χ0n) is 9.82. The average molecular weight is 252 g/mol. The Balaban J connectivity index is 2.74. The highest BCUT2D eigenvalue weighted by molar-refractivity contribution is 5.03. The molecule has 4 nitrogen and oxygen atoms in total. The van der Waals surface area contributed by atoms with Crippen molar-refractivity contribution >= 4 is 0 Å². The van der Waals surface area contributed by atoms with Crippen molar-refractivity contribution in [1.82, 2.24) is 9.78 Å². The molecule has 0 aliphatic rings. The van der Waals surface area contributed by atoms with Crippen molar-refractivity contribution in [3.05, 3.63) is 18.0 Å². The van der Waals surface area contributed by atoms with Gasteiger partial charge in [0.05, 0.1) is 12.1 Å². The van der Waals surface area contributed by atoms with Crippen LogP contribution >= 0.6 is 0 Å². The molecule has 1 heterocycles. The number of rotatable bonds is 4. The molecular weight excluding hydrogens is 237 g/mol. The van der Waals surface area contributed by atoms with Crippen molar-refractivity contribution in [3.63, 3.8) is 0 Å². The lowest BCUT2D eigenvalue weighted by Crippen LogP contribution is -2.41. The molecule has 0 aliphatic carbocycles. The van der Waals surface area contributed by atoms with Gasteiger partial charge in [-0.1, -0.05) is 0 Å². The number of ether oxygens (including phenoxy) is 1. The predicted molar refractivity (Wildman–Crippen MR) is 54.3 cm³/mol. The second kappa shape index (κ2) is 4.66. The van der Waals surface area contributed by atoms with E-state index in [0.29, 0.717) is 0 Å². The van der Waals surface area contributed by atoms with Crippen molar-refractivity contribution in [2.24, 2.45) is 0 Å². The van der Waals surface area contributed by atoms with Crippen molar-refractivity contribution in [3.8, 4) is 0 Å². The van der Waals surface area contributed by atoms with Crippen LogP contribution in [0, 0.1) is 0 Å². The van der Waals surface area contributed by atoms with Gasteiger partial charge >= 0.3 is 6.18 Å². The van der Waals surface area contributed by atoms with E-state index in [9.17, 15) is 18.3 Å². The van der Waals surface area contributed by atoms with E-state index in [1.54, 1.807) is 13.8 Å². The summed E-state index contributed by atoms with van der Waals surface area (Å²) < 4.78 is 42.9. The van der Waals surface area contributed by atoms with E-state index in [2.05, 4.69) is 5.10 Å². The summed E-state index contributed by atoms with van der Waals surface area (Å²) >= 11 is 0. The second-order valence-electron chi connectivity index (χ2n) is 4.24. The van der Waals surface area contributed by atoms with Gasteiger partial charge in [0.1, 0.15) is 6.10 Å². The van der Waals surface area contributed by atoms with Crippen molar-refractivity contribution in [2.75, 3.05) is 7.11 Å². The van der Waals surface area contributed by atoms with Gasteiger partial charge in [0.15, 0.2) is 5.69 Å². The molecule has 0 amide bonds. The molecule has 1 aromatic heterocycles. The lowest BCUT2D eigenvalue weighted by molar-refractivity contribution is -0.141. The average Bonchev–Trinajstić information content (AvgIpc) is 2.65. The number of aliphatic hydroxyl groups is 1. The quantitative estimate of drug-likeness (QED) is 0.887. The van der Waals surface area contributed by atoms with Crippen LogP contribution in [0.2, 0.25) is 0 Å². The van der Waals surface area contributed by atoms with E-state index in [0.717, 1.165) is 10.7 Å². The molecule has 0 aliphatic heterocycles. The molecule has 7 heteroatoms. The third kappa shape index (κ3) is 3.44. The molecule has 1 N–H and O–H groups in total. The Morgan fingerprint density at radius 2 is 2.06 bits per heavy atom. The zero-order valence-corrected chi connectivity index (χ0v) is 9.82. The third-order valence-corrected chi connectivity index (χ3v) is 2.62. The van der Waals surface area contributed by atoms with Gasteiger partial charge in [0.2, 0.25) is 0 Å². The molecule has 1 aromatic rings. The van der Waals surface area contributed by atoms with Crippen molar-refractivity contribution < 1.29 is 23.0 Å². The number of halogens is 3. The first kappa shape index (κ1) is 14.0. The molecule has 1 unspecified atom stereocenters. The Hall–Kier alpha value is -1.08. The van der Waals surface area contributed by atoms with Gasteiger partial charge in [-0.05, 0) is 19.9 Å². The highest BCUT2D eigenvalue weighted by atomic mass is 19.4. The first-order valence-corrected chi connectivity index (χ1v) is 5.00. The second-order valence-corrected chi connectivity index (χ2v) is 4.24. The van der Waals surface area contributed by atoms with Gasteiger partial charge in [0.25, 0.3) is 0 Å². The summed E-state index contributed by atoms with van der Waals surface area (Å²) in [6.45, 7) is 3.23. The van der Waals surface area contributed by atoms with Crippen LogP contribution in [0.15, 0.2) is 12.3 Å². The fourth-order valence-corrected chi connectivity index (χ4v) is 1.15. The summed E-state index contributed by atoms with van der Waals surface area (Å²) in [5, 5.41) is 13.1. The maximum Gasteiger partial charge on any atom is 0.435 e. The molecule has 98 valence electrons. The highest BCUT2D eigenvalue weighted by Crippen LogP contribution is 2.27. The Bertz CT molecular complexity index is 374. The molecule has 17 heavy (non-hydrogen) atoms. The maximum absolute atomic E-state index is 12.3. The Kier molecular flexibility index (Phi) is 3.83. The van der Waals surface area contributed by atoms with Crippen LogP contribution in [-0.2, 0) is 17.5 Å². The van der Waals surface area contributed by atoms with E-state index in [4.69, 9.17) is 4.74 Å². The molecule has 0 bridgehead atoms. The van der Waals surface area contributed by atoms with E-state index in [-0.39, 0.29) is 6.54 Å².